The maximum absolute atomic E-state index is 5.98. The van der Waals surface area contributed by atoms with Gasteiger partial charge in [-0.1, -0.05) is 12.5 Å². The first-order valence-corrected chi connectivity index (χ1v) is 9.71. The number of guanidine groups is 1. The number of pyridine rings is 1. The van der Waals surface area contributed by atoms with Crippen molar-refractivity contribution in [3.05, 3.63) is 36.0 Å². The van der Waals surface area contributed by atoms with E-state index in [1.54, 1.807) is 11.0 Å². The Kier molecular flexibility index (Phi) is 7.01. The molecule has 0 radical (unpaired) electrons. The van der Waals surface area contributed by atoms with Crippen LogP contribution in [-0.2, 0) is 20.1 Å². The summed E-state index contributed by atoms with van der Waals surface area (Å²) in [6.45, 7) is 3.94. The summed E-state index contributed by atoms with van der Waals surface area (Å²) in [6, 6.07) is 3.97. The van der Waals surface area contributed by atoms with E-state index in [2.05, 4.69) is 30.7 Å². The van der Waals surface area contributed by atoms with Crippen LogP contribution in [-0.4, -0.2) is 38.4 Å². The molecule has 0 amide bonds. The minimum Gasteiger partial charge on any atom is -0.474 e. The second kappa shape index (κ2) is 9.89. The molecule has 1 fully saturated rings. The van der Waals surface area contributed by atoms with Gasteiger partial charge in [-0.2, -0.15) is 5.10 Å². The fourth-order valence-electron chi connectivity index (χ4n) is 3.08. The van der Waals surface area contributed by atoms with Gasteiger partial charge in [0.25, 0.3) is 0 Å². The molecule has 146 valence electrons. The van der Waals surface area contributed by atoms with Crippen molar-refractivity contribution in [1.29, 1.82) is 0 Å². The summed E-state index contributed by atoms with van der Waals surface area (Å²) in [4.78, 5) is 13.3. The monoisotopic (exact) mass is 371 g/mol. The van der Waals surface area contributed by atoms with Gasteiger partial charge in [0.15, 0.2) is 5.96 Å². The molecule has 2 aromatic rings. The lowest BCUT2D eigenvalue weighted by Gasteiger charge is -2.22. The highest BCUT2D eigenvalue weighted by Gasteiger charge is 2.15. The molecule has 0 aromatic carbocycles. The minimum atomic E-state index is 0.320. The molecule has 27 heavy (non-hydrogen) atoms. The predicted octanol–water partition coefficient (Wildman–Crippen LogP) is 2.18. The third-order valence-corrected chi connectivity index (χ3v) is 4.62. The largest absolute Gasteiger partial charge is 0.474 e. The van der Waals surface area contributed by atoms with E-state index in [0.717, 1.165) is 36.7 Å². The zero-order valence-electron chi connectivity index (χ0n) is 16.2. The smallest absolute Gasteiger partial charge is 0.213 e. The molecule has 2 N–H and O–H groups in total. The van der Waals surface area contributed by atoms with Crippen molar-refractivity contribution in [1.82, 2.24) is 30.4 Å². The molecule has 0 saturated heterocycles. The minimum absolute atomic E-state index is 0.320. The van der Waals surface area contributed by atoms with Gasteiger partial charge >= 0.3 is 0 Å². The Hall–Kier alpha value is -2.64. The molecular formula is C19H29N7O. The molecule has 0 unspecified atom stereocenters. The summed E-state index contributed by atoms with van der Waals surface area (Å²) >= 11 is 0. The molecule has 3 rings (SSSR count). The van der Waals surface area contributed by atoms with Crippen LogP contribution >= 0.6 is 0 Å². The Balaban J connectivity index is 1.52. The zero-order chi connectivity index (χ0) is 18.9. The van der Waals surface area contributed by atoms with Crippen LogP contribution in [0, 0.1) is 0 Å². The van der Waals surface area contributed by atoms with E-state index in [0.29, 0.717) is 25.1 Å². The second-order valence-corrected chi connectivity index (χ2v) is 6.73. The lowest BCUT2D eigenvalue weighted by atomic mass is 9.98. The van der Waals surface area contributed by atoms with Crippen molar-refractivity contribution < 1.29 is 4.74 Å². The molecule has 1 saturated carbocycles. The number of aryl methyl sites for hydroxylation is 1. The van der Waals surface area contributed by atoms with Crippen molar-refractivity contribution in [2.45, 2.75) is 58.2 Å². The van der Waals surface area contributed by atoms with Crippen LogP contribution in [0.25, 0.3) is 0 Å². The molecule has 0 aliphatic heterocycles. The normalized spacial score (nSPS) is 15.6. The topological polar surface area (TPSA) is 89.2 Å². The van der Waals surface area contributed by atoms with Gasteiger partial charge in [-0.05, 0) is 38.2 Å². The maximum atomic E-state index is 5.98. The first-order chi connectivity index (χ1) is 13.2. The number of hydrogen-bond acceptors (Lipinski definition) is 5. The van der Waals surface area contributed by atoms with Crippen LogP contribution < -0.4 is 15.4 Å². The van der Waals surface area contributed by atoms with Crippen molar-refractivity contribution in [3.63, 3.8) is 0 Å². The molecule has 2 heterocycles. The van der Waals surface area contributed by atoms with Gasteiger partial charge in [-0.25, -0.2) is 15.0 Å². The molecule has 0 spiro atoms. The summed E-state index contributed by atoms with van der Waals surface area (Å²) in [5.41, 5.74) is 1.04. The van der Waals surface area contributed by atoms with Crippen LogP contribution in [0.15, 0.2) is 29.6 Å². The molecule has 0 atom stereocenters. The summed E-state index contributed by atoms with van der Waals surface area (Å²) in [5.74, 6) is 2.30. The SMILES string of the molecule is CCNC(=NCc1ccc(OC2CCCCC2)nc1)NCc1ncnn1C. The maximum Gasteiger partial charge on any atom is 0.213 e. The first-order valence-electron chi connectivity index (χ1n) is 9.71. The van der Waals surface area contributed by atoms with E-state index in [1.165, 1.54) is 19.3 Å². The van der Waals surface area contributed by atoms with E-state index in [9.17, 15) is 0 Å². The van der Waals surface area contributed by atoms with Gasteiger partial charge in [-0.15, -0.1) is 0 Å². The Morgan fingerprint density at radius 1 is 1.22 bits per heavy atom. The molecular weight excluding hydrogens is 342 g/mol. The highest BCUT2D eigenvalue weighted by Crippen LogP contribution is 2.22. The van der Waals surface area contributed by atoms with Crippen molar-refractivity contribution in [2.24, 2.45) is 12.0 Å². The van der Waals surface area contributed by atoms with Crippen LogP contribution in [0.4, 0.5) is 0 Å². The van der Waals surface area contributed by atoms with E-state index in [4.69, 9.17) is 4.74 Å². The number of aliphatic imine (C=N–C) groups is 1. The van der Waals surface area contributed by atoms with Gasteiger partial charge in [0, 0.05) is 25.9 Å². The Morgan fingerprint density at radius 3 is 2.74 bits per heavy atom. The van der Waals surface area contributed by atoms with Gasteiger partial charge in [-0.3, -0.25) is 4.68 Å². The fourth-order valence-corrected chi connectivity index (χ4v) is 3.08. The average molecular weight is 371 g/mol. The van der Waals surface area contributed by atoms with Crippen molar-refractivity contribution >= 4 is 5.96 Å². The van der Waals surface area contributed by atoms with Crippen molar-refractivity contribution in [3.8, 4) is 5.88 Å². The summed E-state index contributed by atoms with van der Waals surface area (Å²) in [5, 5.41) is 10.6. The molecule has 1 aliphatic rings. The molecule has 8 heteroatoms. The summed E-state index contributed by atoms with van der Waals surface area (Å²) in [6.07, 6.45) is 9.81. The van der Waals surface area contributed by atoms with Gasteiger partial charge in [0.2, 0.25) is 5.88 Å². The molecule has 0 bridgehead atoms. The number of ether oxygens (including phenoxy) is 1. The summed E-state index contributed by atoms with van der Waals surface area (Å²) < 4.78 is 7.72. The van der Waals surface area contributed by atoms with Crippen molar-refractivity contribution in [2.75, 3.05) is 6.54 Å². The first kappa shape index (κ1) is 19.1. The Labute approximate surface area is 160 Å². The third-order valence-electron chi connectivity index (χ3n) is 4.62. The van der Waals surface area contributed by atoms with Crippen LogP contribution in [0.3, 0.4) is 0 Å². The van der Waals surface area contributed by atoms with E-state index >= 15 is 0 Å². The van der Waals surface area contributed by atoms with Gasteiger partial charge in [0.05, 0.1) is 13.1 Å². The standard InChI is InChI=1S/C19H29N7O/c1-3-20-19(23-13-17-24-14-25-26(17)2)22-12-15-9-10-18(21-11-15)27-16-7-5-4-6-8-16/h9-11,14,16H,3-8,12-13H2,1-2H3,(H2,20,22,23). The number of nitrogens with zero attached hydrogens (tertiary/aromatic N) is 5. The zero-order valence-corrected chi connectivity index (χ0v) is 16.2. The van der Waals surface area contributed by atoms with Crippen LogP contribution in [0.1, 0.15) is 50.4 Å². The van der Waals surface area contributed by atoms with E-state index in [-0.39, 0.29) is 0 Å². The summed E-state index contributed by atoms with van der Waals surface area (Å²) in [7, 11) is 1.87. The van der Waals surface area contributed by atoms with E-state index < -0.39 is 0 Å². The predicted molar refractivity (Wildman–Crippen MR) is 104 cm³/mol. The molecule has 8 nitrogen and oxygen atoms in total. The Morgan fingerprint density at radius 2 is 2.07 bits per heavy atom. The highest BCUT2D eigenvalue weighted by molar-refractivity contribution is 5.79. The second-order valence-electron chi connectivity index (χ2n) is 6.73. The number of rotatable bonds is 7. The number of nitrogens with one attached hydrogen (secondary N) is 2. The highest BCUT2D eigenvalue weighted by atomic mass is 16.5. The lowest BCUT2D eigenvalue weighted by Crippen LogP contribution is -2.37. The Bertz CT molecular complexity index is 720. The average Bonchev–Trinajstić information content (AvgIpc) is 3.11. The third kappa shape index (κ3) is 5.94. The van der Waals surface area contributed by atoms with Gasteiger partial charge in [0.1, 0.15) is 18.3 Å². The fraction of sp³-hybridized carbons (Fsp3) is 0.579. The molecule has 2 aromatic heterocycles. The number of aromatic nitrogens is 4. The van der Waals surface area contributed by atoms with E-state index in [1.807, 2.05) is 32.3 Å². The lowest BCUT2D eigenvalue weighted by molar-refractivity contribution is 0.148. The van der Waals surface area contributed by atoms with Gasteiger partial charge < -0.3 is 15.4 Å². The molecule has 1 aliphatic carbocycles. The number of hydrogen-bond donors (Lipinski definition) is 2. The van der Waals surface area contributed by atoms with Crippen LogP contribution in [0.5, 0.6) is 5.88 Å². The van der Waals surface area contributed by atoms with Crippen LogP contribution in [0.2, 0.25) is 0 Å². The quantitative estimate of drug-likeness (QED) is 0.573.